The molecule has 2 aromatic rings. The van der Waals surface area contributed by atoms with E-state index in [0.717, 1.165) is 11.3 Å². The zero-order valence-electron chi connectivity index (χ0n) is 10.5. The first-order valence-corrected chi connectivity index (χ1v) is 6.30. The number of hydrogen-bond acceptors (Lipinski definition) is 3. The third-order valence-corrected chi connectivity index (χ3v) is 3.20. The van der Waals surface area contributed by atoms with Crippen LogP contribution in [0.2, 0.25) is 5.02 Å². The van der Waals surface area contributed by atoms with Crippen LogP contribution in [0.15, 0.2) is 36.5 Å². The summed E-state index contributed by atoms with van der Waals surface area (Å²) >= 11 is 5.88. The van der Waals surface area contributed by atoms with Crippen LogP contribution >= 0.6 is 11.6 Å². The summed E-state index contributed by atoms with van der Waals surface area (Å²) in [7, 11) is 0. The monoisotopic (exact) mass is 279 g/mol. The van der Waals surface area contributed by atoms with Crippen molar-refractivity contribution < 1.29 is 4.39 Å². The molecule has 1 unspecified atom stereocenters. The van der Waals surface area contributed by atoms with E-state index in [0.29, 0.717) is 17.0 Å². The topological polar surface area (TPSA) is 50.9 Å². The lowest BCUT2D eigenvalue weighted by atomic mass is 10.0. The smallest absolute Gasteiger partial charge is 0.126 e. The Kier molecular flexibility index (Phi) is 4.47. The van der Waals surface area contributed by atoms with Gasteiger partial charge in [-0.05, 0) is 48.7 Å². The van der Waals surface area contributed by atoms with E-state index >= 15 is 0 Å². The molecule has 0 aliphatic heterocycles. The Balaban J connectivity index is 2.23. The van der Waals surface area contributed by atoms with Crippen LogP contribution in [0, 0.1) is 12.7 Å². The molecule has 100 valence electrons. The first-order valence-electron chi connectivity index (χ1n) is 5.92. The molecule has 0 spiro atoms. The van der Waals surface area contributed by atoms with Crippen molar-refractivity contribution in [3.8, 4) is 0 Å². The van der Waals surface area contributed by atoms with Gasteiger partial charge in [0.05, 0.1) is 6.04 Å². The number of rotatable bonds is 4. The lowest BCUT2D eigenvalue weighted by Gasteiger charge is -2.16. The van der Waals surface area contributed by atoms with E-state index in [1.54, 1.807) is 12.3 Å². The number of aromatic nitrogens is 1. The molecule has 3 N–H and O–H groups in total. The molecular formula is C14H15ClFN3. The van der Waals surface area contributed by atoms with Gasteiger partial charge >= 0.3 is 0 Å². The van der Waals surface area contributed by atoms with Gasteiger partial charge in [-0.2, -0.15) is 0 Å². The first-order chi connectivity index (χ1) is 9.10. The molecule has 0 aliphatic carbocycles. The normalized spacial score (nSPS) is 12.4. The Hall–Kier alpha value is -1.49. The van der Waals surface area contributed by atoms with Crippen molar-refractivity contribution in [2.24, 2.45) is 5.84 Å². The van der Waals surface area contributed by atoms with E-state index in [1.165, 1.54) is 12.1 Å². The number of hydrazine groups is 1. The second kappa shape index (κ2) is 6.10. The van der Waals surface area contributed by atoms with Crippen LogP contribution in [0.5, 0.6) is 0 Å². The zero-order chi connectivity index (χ0) is 13.8. The van der Waals surface area contributed by atoms with Gasteiger partial charge in [0, 0.05) is 16.9 Å². The third-order valence-electron chi connectivity index (χ3n) is 2.97. The second-order valence-corrected chi connectivity index (χ2v) is 4.83. The van der Waals surface area contributed by atoms with Crippen LogP contribution in [0.3, 0.4) is 0 Å². The molecule has 0 saturated carbocycles. The van der Waals surface area contributed by atoms with Crippen LogP contribution in [-0.2, 0) is 6.42 Å². The van der Waals surface area contributed by atoms with Gasteiger partial charge in [-0.3, -0.25) is 16.3 Å². The van der Waals surface area contributed by atoms with Gasteiger partial charge in [-0.25, -0.2) is 4.39 Å². The molecular weight excluding hydrogens is 265 g/mol. The Labute approximate surface area is 116 Å². The maximum Gasteiger partial charge on any atom is 0.126 e. The highest BCUT2D eigenvalue weighted by atomic mass is 35.5. The van der Waals surface area contributed by atoms with Gasteiger partial charge in [-0.15, -0.1) is 0 Å². The van der Waals surface area contributed by atoms with Crippen molar-refractivity contribution in [1.29, 1.82) is 0 Å². The molecule has 3 nitrogen and oxygen atoms in total. The summed E-state index contributed by atoms with van der Waals surface area (Å²) in [6.07, 6.45) is 2.15. The Bertz CT molecular complexity index is 557. The molecule has 1 atom stereocenters. The highest BCUT2D eigenvalue weighted by molar-refractivity contribution is 6.30. The summed E-state index contributed by atoms with van der Waals surface area (Å²) in [6.45, 7) is 1.91. The predicted octanol–water partition coefficient (Wildman–Crippen LogP) is 2.93. The second-order valence-electron chi connectivity index (χ2n) is 4.39. The fourth-order valence-corrected chi connectivity index (χ4v) is 2.07. The van der Waals surface area contributed by atoms with E-state index in [2.05, 4.69) is 10.4 Å². The third kappa shape index (κ3) is 3.50. The lowest BCUT2D eigenvalue weighted by molar-refractivity contribution is 0.528. The Morgan fingerprint density at radius 2 is 2.16 bits per heavy atom. The quantitative estimate of drug-likeness (QED) is 0.668. The molecule has 0 bridgehead atoms. The zero-order valence-corrected chi connectivity index (χ0v) is 11.3. The van der Waals surface area contributed by atoms with Gasteiger partial charge in [0.15, 0.2) is 0 Å². The summed E-state index contributed by atoms with van der Waals surface area (Å²) in [5.41, 5.74) is 5.04. The van der Waals surface area contributed by atoms with Crippen LogP contribution in [-0.4, -0.2) is 4.98 Å². The molecule has 1 aromatic carbocycles. The van der Waals surface area contributed by atoms with Gasteiger partial charge in [0.25, 0.3) is 0 Å². The van der Waals surface area contributed by atoms with Crippen molar-refractivity contribution in [1.82, 2.24) is 10.4 Å². The highest BCUT2D eigenvalue weighted by Gasteiger charge is 2.14. The highest BCUT2D eigenvalue weighted by Crippen LogP contribution is 2.22. The Morgan fingerprint density at radius 1 is 1.37 bits per heavy atom. The number of nitrogens with two attached hydrogens (primary N) is 1. The van der Waals surface area contributed by atoms with Crippen LogP contribution in [0.25, 0.3) is 0 Å². The molecule has 2 rings (SSSR count). The van der Waals surface area contributed by atoms with E-state index < -0.39 is 0 Å². The fraction of sp³-hybridized carbons (Fsp3) is 0.214. The van der Waals surface area contributed by atoms with E-state index in [4.69, 9.17) is 17.4 Å². The number of halogens is 2. The SMILES string of the molecule is Cc1ccc(C(Cc2cc(Cl)ccc2F)NN)cn1. The summed E-state index contributed by atoms with van der Waals surface area (Å²) in [4.78, 5) is 4.21. The Morgan fingerprint density at radius 3 is 2.79 bits per heavy atom. The summed E-state index contributed by atoms with van der Waals surface area (Å²) in [5, 5.41) is 0.509. The van der Waals surface area contributed by atoms with Crippen molar-refractivity contribution in [3.05, 3.63) is 64.2 Å². The van der Waals surface area contributed by atoms with Crippen molar-refractivity contribution >= 4 is 11.6 Å². The molecule has 0 amide bonds. The number of pyridine rings is 1. The van der Waals surface area contributed by atoms with Gasteiger partial charge in [0.2, 0.25) is 0 Å². The molecule has 5 heteroatoms. The first kappa shape index (κ1) is 13.9. The predicted molar refractivity (Wildman–Crippen MR) is 74.2 cm³/mol. The van der Waals surface area contributed by atoms with Crippen molar-refractivity contribution in [2.75, 3.05) is 0 Å². The summed E-state index contributed by atoms with van der Waals surface area (Å²) < 4.78 is 13.7. The van der Waals surface area contributed by atoms with Crippen LogP contribution in [0.1, 0.15) is 22.9 Å². The maximum atomic E-state index is 13.7. The molecule has 19 heavy (non-hydrogen) atoms. The molecule has 0 saturated heterocycles. The van der Waals surface area contributed by atoms with Crippen LogP contribution in [0.4, 0.5) is 4.39 Å². The molecule has 1 heterocycles. The standard InChI is InChI=1S/C14H15ClFN3/c1-9-2-3-10(8-18-9)14(19-17)7-11-6-12(15)4-5-13(11)16/h2-6,8,14,19H,7,17H2,1H3. The van der Waals surface area contributed by atoms with E-state index in [9.17, 15) is 4.39 Å². The molecule has 0 fully saturated rings. The minimum Gasteiger partial charge on any atom is -0.271 e. The average molecular weight is 280 g/mol. The van der Waals surface area contributed by atoms with Crippen molar-refractivity contribution in [2.45, 2.75) is 19.4 Å². The van der Waals surface area contributed by atoms with Gasteiger partial charge in [-0.1, -0.05) is 17.7 Å². The molecule has 1 aromatic heterocycles. The summed E-state index contributed by atoms with van der Waals surface area (Å²) in [6, 6.07) is 8.12. The van der Waals surface area contributed by atoms with Crippen molar-refractivity contribution in [3.63, 3.8) is 0 Å². The minimum absolute atomic E-state index is 0.207. The molecule has 0 radical (unpaired) electrons. The summed E-state index contributed by atoms with van der Waals surface area (Å²) in [5.74, 6) is 5.26. The largest absolute Gasteiger partial charge is 0.271 e. The lowest BCUT2D eigenvalue weighted by Crippen LogP contribution is -2.30. The number of nitrogens with zero attached hydrogens (tertiary/aromatic N) is 1. The van der Waals surface area contributed by atoms with Crippen LogP contribution < -0.4 is 11.3 Å². The minimum atomic E-state index is -0.287. The number of aryl methyl sites for hydroxylation is 1. The van der Waals surface area contributed by atoms with E-state index in [-0.39, 0.29) is 11.9 Å². The number of hydrogen-bond donors (Lipinski definition) is 2. The number of nitrogens with one attached hydrogen (secondary N) is 1. The average Bonchev–Trinajstić information content (AvgIpc) is 2.41. The maximum absolute atomic E-state index is 13.7. The number of benzene rings is 1. The van der Waals surface area contributed by atoms with E-state index in [1.807, 2.05) is 19.1 Å². The molecule has 0 aliphatic rings. The van der Waals surface area contributed by atoms with Gasteiger partial charge < -0.3 is 0 Å². The van der Waals surface area contributed by atoms with Gasteiger partial charge in [0.1, 0.15) is 5.82 Å². The fourth-order valence-electron chi connectivity index (χ4n) is 1.88.